The van der Waals surface area contributed by atoms with Crippen molar-refractivity contribution in [3.63, 3.8) is 0 Å². The van der Waals surface area contributed by atoms with Crippen LogP contribution in [0.5, 0.6) is 0 Å². The van der Waals surface area contributed by atoms with Crippen LogP contribution >= 0.6 is 24.0 Å². The summed E-state index contributed by atoms with van der Waals surface area (Å²) < 4.78 is 0.795. The van der Waals surface area contributed by atoms with Crippen LogP contribution in [-0.4, -0.2) is 47.1 Å². The lowest BCUT2D eigenvalue weighted by Crippen LogP contribution is -2.47. The molecule has 3 aromatic rings. The SMILES string of the molecule is O=C(CSC(=S)N1CCN(c2ccccc2)CC1)NC(c1ccccc1)c1ccccc1. The number of carbonyl (C=O) groups excluding carboxylic acids is 1. The van der Waals surface area contributed by atoms with Gasteiger partial charge in [0.15, 0.2) is 0 Å². The van der Waals surface area contributed by atoms with Gasteiger partial charge in [0.1, 0.15) is 4.32 Å². The molecule has 0 bridgehead atoms. The number of thiocarbonyl (C=S) groups is 1. The van der Waals surface area contributed by atoms with Gasteiger partial charge in [-0.15, -0.1) is 0 Å². The third kappa shape index (κ3) is 5.90. The van der Waals surface area contributed by atoms with E-state index in [1.807, 2.05) is 66.7 Å². The fourth-order valence-electron chi connectivity index (χ4n) is 3.86. The lowest BCUT2D eigenvalue weighted by molar-refractivity contribution is -0.119. The molecule has 1 N–H and O–H groups in total. The van der Waals surface area contributed by atoms with Crippen LogP contribution in [0, 0.1) is 0 Å². The zero-order valence-electron chi connectivity index (χ0n) is 17.9. The van der Waals surface area contributed by atoms with Crippen LogP contribution in [0.2, 0.25) is 0 Å². The first-order valence-electron chi connectivity index (χ1n) is 10.8. The highest BCUT2D eigenvalue weighted by molar-refractivity contribution is 8.23. The van der Waals surface area contributed by atoms with Gasteiger partial charge in [0.2, 0.25) is 5.91 Å². The quantitative estimate of drug-likeness (QED) is 0.537. The van der Waals surface area contributed by atoms with E-state index in [-0.39, 0.29) is 11.9 Å². The van der Waals surface area contributed by atoms with Crippen molar-refractivity contribution < 1.29 is 4.79 Å². The van der Waals surface area contributed by atoms with Crippen molar-refractivity contribution in [2.75, 3.05) is 36.8 Å². The van der Waals surface area contributed by atoms with Crippen LogP contribution in [0.4, 0.5) is 5.69 Å². The van der Waals surface area contributed by atoms with Gasteiger partial charge in [0, 0.05) is 31.9 Å². The molecule has 1 heterocycles. The Labute approximate surface area is 199 Å². The molecule has 164 valence electrons. The van der Waals surface area contributed by atoms with Crippen molar-refractivity contribution in [2.24, 2.45) is 0 Å². The number of benzene rings is 3. The molecule has 1 aliphatic heterocycles. The summed E-state index contributed by atoms with van der Waals surface area (Å²) in [6.07, 6.45) is 0. The molecular weight excluding hydrogens is 434 g/mol. The zero-order valence-corrected chi connectivity index (χ0v) is 19.5. The second-order valence-electron chi connectivity index (χ2n) is 7.69. The van der Waals surface area contributed by atoms with Gasteiger partial charge in [-0.1, -0.05) is 103 Å². The monoisotopic (exact) mass is 461 g/mol. The van der Waals surface area contributed by atoms with Crippen molar-refractivity contribution in [2.45, 2.75) is 6.04 Å². The van der Waals surface area contributed by atoms with Crippen molar-refractivity contribution >= 4 is 39.9 Å². The minimum absolute atomic E-state index is 0.0158. The molecule has 1 aliphatic rings. The standard InChI is InChI=1S/C26H27N3OS2/c30-24(27-25(21-10-4-1-5-11-21)22-12-6-2-7-13-22)20-32-26(31)29-18-16-28(17-19-29)23-14-8-3-9-15-23/h1-15,25H,16-20H2,(H,27,30). The van der Waals surface area contributed by atoms with E-state index in [2.05, 4.69) is 39.4 Å². The minimum atomic E-state index is -0.173. The molecule has 1 saturated heterocycles. The molecule has 0 radical (unpaired) electrons. The molecule has 6 heteroatoms. The summed E-state index contributed by atoms with van der Waals surface area (Å²) in [4.78, 5) is 17.4. The largest absolute Gasteiger partial charge is 0.368 e. The predicted octanol–water partition coefficient (Wildman–Crippen LogP) is 4.73. The third-order valence-corrected chi connectivity index (χ3v) is 7.08. The highest BCUT2D eigenvalue weighted by atomic mass is 32.2. The molecule has 0 unspecified atom stereocenters. The van der Waals surface area contributed by atoms with E-state index in [0.29, 0.717) is 5.75 Å². The van der Waals surface area contributed by atoms with E-state index < -0.39 is 0 Å². The Morgan fingerprint density at radius 2 is 1.31 bits per heavy atom. The number of thioether (sulfide) groups is 1. The molecule has 3 aromatic carbocycles. The number of para-hydroxylation sites is 1. The summed E-state index contributed by atoms with van der Waals surface area (Å²) in [6.45, 7) is 3.61. The number of hydrogen-bond acceptors (Lipinski definition) is 4. The van der Waals surface area contributed by atoms with Gasteiger partial charge < -0.3 is 15.1 Å². The van der Waals surface area contributed by atoms with E-state index in [0.717, 1.165) is 41.6 Å². The molecule has 1 fully saturated rings. The van der Waals surface area contributed by atoms with Crippen LogP contribution in [0.1, 0.15) is 17.2 Å². The Kier molecular flexibility index (Phi) is 7.80. The number of anilines is 1. The molecule has 4 rings (SSSR count). The van der Waals surface area contributed by atoms with Gasteiger partial charge >= 0.3 is 0 Å². The number of hydrogen-bond donors (Lipinski definition) is 1. The van der Waals surface area contributed by atoms with E-state index in [4.69, 9.17) is 12.2 Å². The van der Waals surface area contributed by atoms with Crippen LogP contribution in [0.3, 0.4) is 0 Å². The van der Waals surface area contributed by atoms with Crippen molar-refractivity contribution in [3.8, 4) is 0 Å². The predicted molar refractivity (Wildman–Crippen MR) is 138 cm³/mol. The molecule has 0 spiro atoms. The number of piperazine rings is 1. The Morgan fingerprint density at radius 1 is 0.812 bits per heavy atom. The fourth-order valence-corrected chi connectivity index (χ4v) is 4.92. The lowest BCUT2D eigenvalue weighted by atomic mass is 9.99. The molecule has 0 aromatic heterocycles. The summed E-state index contributed by atoms with van der Waals surface area (Å²) in [5.41, 5.74) is 3.38. The molecule has 4 nitrogen and oxygen atoms in total. The molecule has 0 aliphatic carbocycles. The topological polar surface area (TPSA) is 35.6 Å². The van der Waals surface area contributed by atoms with E-state index in [1.165, 1.54) is 17.4 Å². The number of rotatable bonds is 6. The number of nitrogens with one attached hydrogen (secondary N) is 1. The van der Waals surface area contributed by atoms with E-state index in [1.54, 1.807) is 0 Å². The second-order valence-corrected chi connectivity index (χ2v) is 9.30. The second kappa shape index (κ2) is 11.2. The van der Waals surface area contributed by atoms with Crippen molar-refractivity contribution in [1.82, 2.24) is 10.2 Å². The zero-order chi connectivity index (χ0) is 22.2. The first kappa shape index (κ1) is 22.4. The van der Waals surface area contributed by atoms with E-state index >= 15 is 0 Å². The highest BCUT2D eigenvalue weighted by Crippen LogP contribution is 2.23. The van der Waals surface area contributed by atoms with Crippen LogP contribution in [-0.2, 0) is 4.79 Å². The molecule has 32 heavy (non-hydrogen) atoms. The lowest BCUT2D eigenvalue weighted by Gasteiger charge is -2.37. The molecule has 0 saturated carbocycles. The minimum Gasteiger partial charge on any atom is -0.368 e. The maximum atomic E-state index is 12.8. The van der Waals surface area contributed by atoms with Crippen LogP contribution in [0.15, 0.2) is 91.0 Å². The van der Waals surface area contributed by atoms with Gasteiger partial charge in [0.05, 0.1) is 11.8 Å². The first-order chi connectivity index (χ1) is 15.7. The van der Waals surface area contributed by atoms with Gasteiger partial charge in [0.25, 0.3) is 0 Å². The molecular formula is C26H27N3OS2. The number of amides is 1. The van der Waals surface area contributed by atoms with Crippen molar-refractivity contribution in [1.29, 1.82) is 0 Å². The Hall–Kier alpha value is -2.83. The van der Waals surface area contributed by atoms with Crippen LogP contribution in [0.25, 0.3) is 0 Å². The third-order valence-electron chi connectivity index (χ3n) is 5.56. The van der Waals surface area contributed by atoms with E-state index in [9.17, 15) is 4.79 Å². The summed E-state index contributed by atoms with van der Waals surface area (Å²) in [5, 5.41) is 3.19. The average molecular weight is 462 g/mol. The van der Waals surface area contributed by atoms with Gasteiger partial charge in [-0.05, 0) is 23.3 Å². The highest BCUT2D eigenvalue weighted by Gasteiger charge is 2.21. The van der Waals surface area contributed by atoms with Gasteiger partial charge in [-0.2, -0.15) is 0 Å². The maximum Gasteiger partial charge on any atom is 0.231 e. The van der Waals surface area contributed by atoms with Gasteiger partial charge in [-0.3, -0.25) is 4.79 Å². The van der Waals surface area contributed by atoms with Gasteiger partial charge in [-0.25, -0.2) is 0 Å². The summed E-state index contributed by atoms with van der Waals surface area (Å²) in [5.74, 6) is 0.298. The Balaban J connectivity index is 1.29. The fraction of sp³-hybridized carbons (Fsp3) is 0.231. The first-order valence-corrected chi connectivity index (χ1v) is 12.2. The summed E-state index contributed by atoms with van der Waals surface area (Å²) >= 11 is 7.09. The average Bonchev–Trinajstić information content (AvgIpc) is 2.87. The number of nitrogens with zero attached hydrogens (tertiary/aromatic N) is 2. The normalized spacial score (nSPS) is 13.8. The molecule has 1 amide bonds. The maximum absolute atomic E-state index is 12.8. The van der Waals surface area contributed by atoms with Crippen molar-refractivity contribution in [3.05, 3.63) is 102 Å². The number of carbonyl (C=O) groups is 1. The smallest absolute Gasteiger partial charge is 0.231 e. The molecule has 0 atom stereocenters. The van der Waals surface area contributed by atoms with Crippen LogP contribution < -0.4 is 10.2 Å². The Morgan fingerprint density at radius 3 is 1.84 bits per heavy atom. The summed E-state index contributed by atoms with van der Waals surface area (Å²) in [6, 6.07) is 30.4. The summed E-state index contributed by atoms with van der Waals surface area (Å²) in [7, 11) is 0. The Bertz CT molecular complexity index is 968.